The molecule has 2 rings (SSSR count). The highest BCUT2D eigenvalue weighted by molar-refractivity contribution is 5.83. The van der Waals surface area contributed by atoms with E-state index >= 15 is 0 Å². The summed E-state index contributed by atoms with van der Waals surface area (Å²) in [6.07, 6.45) is 9.53. The summed E-state index contributed by atoms with van der Waals surface area (Å²) < 4.78 is 0. The van der Waals surface area contributed by atoms with Crippen LogP contribution in [0.5, 0.6) is 0 Å². The maximum Gasteiger partial charge on any atom is 0.100 e. The Bertz CT molecular complexity index is 675. The van der Waals surface area contributed by atoms with Crippen molar-refractivity contribution in [3.63, 3.8) is 0 Å². The second-order valence-electron chi connectivity index (χ2n) is 4.36. The quantitative estimate of drug-likeness (QED) is 0.632. The molecule has 0 amide bonds. The number of H-pyrrole nitrogens is 1. The van der Waals surface area contributed by atoms with Crippen LogP contribution < -0.4 is 10.6 Å². The number of benzene rings is 1. The van der Waals surface area contributed by atoms with Crippen molar-refractivity contribution in [1.29, 1.82) is 0 Å². The fraction of sp³-hybridized carbons (Fsp3) is 0.158. The molecule has 3 nitrogen and oxygen atoms in total. The molecule has 0 aliphatic rings. The van der Waals surface area contributed by atoms with Crippen LogP contribution >= 0.6 is 0 Å². The fourth-order valence-electron chi connectivity index (χ4n) is 1.87. The Labute approximate surface area is 133 Å². The standard InChI is InChI=1S/C17H19N3.C2H6/c1-4-6-7-15(5-2)19-13(3)20-16-8-9-17-14(12-16)10-11-18-17;1-2/h4-12,18-20H,2-3H2,1H3;1-2H3/b6-4-,15-7+;. The number of hydrogen-bond acceptors (Lipinski definition) is 2. The van der Waals surface area contributed by atoms with Crippen LogP contribution in [-0.2, 0) is 0 Å². The number of nitrogens with one attached hydrogen (secondary N) is 3. The molecule has 22 heavy (non-hydrogen) atoms. The van der Waals surface area contributed by atoms with Gasteiger partial charge in [-0.2, -0.15) is 0 Å². The Morgan fingerprint density at radius 3 is 2.68 bits per heavy atom. The zero-order chi connectivity index (χ0) is 16.4. The van der Waals surface area contributed by atoms with Gasteiger partial charge in [-0.05, 0) is 43.3 Å². The third kappa shape index (κ3) is 5.02. The van der Waals surface area contributed by atoms with E-state index in [2.05, 4.69) is 34.8 Å². The Hall–Kier alpha value is -2.68. The van der Waals surface area contributed by atoms with Crippen LogP contribution in [0.15, 0.2) is 79.4 Å². The fourth-order valence-corrected chi connectivity index (χ4v) is 1.87. The molecule has 0 aliphatic carbocycles. The van der Waals surface area contributed by atoms with Crippen molar-refractivity contribution in [3.05, 3.63) is 79.4 Å². The van der Waals surface area contributed by atoms with Gasteiger partial charge in [-0.1, -0.05) is 39.2 Å². The van der Waals surface area contributed by atoms with Crippen molar-refractivity contribution in [3.8, 4) is 0 Å². The summed E-state index contributed by atoms with van der Waals surface area (Å²) >= 11 is 0. The molecule has 1 aromatic heterocycles. The molecule has 0 aliphatic heterocycles. The van der Waals surface area contributed by atoms with Crippen molar-refractivity contribution in [2.45, 2.75) is 20.8 Å². The maximum atomic E-state index is 3.97. The number of rotatable bonds is 6. The van der Waals surface area contributed by atoms with Crippen LogP contribution in [-0.4, -0.2) is 4.98 Å². The van der Waals surface area contributed by atoms with Crippen molar-refractivity contribution >= 4 is 16.6 Å². The highest BCUT2D eigenvalue weighted by atomic mass is 15.1. The molecule has 0 atom stereocenters. The number of hydrogen-bond donors (Lipinski definition) is 3. The lowest BCUT2D eigenvalue weighted by atomic mass is 10.2. The lowest BCUT2D eigenvalue weighted by molar-refractivity contribution is 1.02. The Balaban J connectivity index is 0.00000116. The van der Waals surface area contributed by atoms with Gasteiger partial charge >= 0.3 is 0 Å². The van der Waals surface area contributed by atoms with E-state index in [0.29, 0.717) is 5.82 Å². The van der Waals surface area contributed by atoms with E-state index in [0.717, 1.165) is 22.3 Å². The number of anilines is 1. The predicted octanol–water partition coefficient (Wildman–Crippen LogP) is 5.31. The third-order valence-electron chi connectivity index (χ3n) is 2.83. The lowest BCUT2D eigenvalue weighted by Crippen LogP contribution is -2.16. The molecule has 116 valence electrons. The van der Waals surface area contributed by atoms with Gasteiger partial charge in [-0.15, -0.1) is 0 Å². The first kappa shape index (κ1) is 17.4. The van der Waals surface area contributed by atoms with Gasteiger partial charge < -0.3 is 15.6 Å². The van der Waals surface area contributed by atoms with E-state index in [1.54, 1.807) is 6.08 Å². The molecule has 0 saturated heterocycles. The summed E-state index contributed by atoms with van der Waals surface area (Å²) in [4.78, 5) is 3.17. The molecule has 0 unspecified atom stereocenters. The van der Waals surface area contributed by atoms with Crippen LogP contribution in [0.3, 0.4) is 0 Å². The van der Waals surface area contributed by atoms with Gasteiger partial charge in [0.15, 0.2) is 0 Å². The molecule has 2 aromatic rings. The predicted molar refractivity (Wildman–Crippen MR) is 98.6 cm³/mol. The summed E-state index contributed by atoms with van der Waals surface area (Å²) in [5, 5.41) is 7.57. The summed E-state index contributed by atoms with van der Waals surface area (Å²) in [6, 6.07) is 8.16. The largest absolute Gasteiger partial charge is 0.361 e. The lowest BCUT2D eigenvalue weighted by Gasteiger charge is -2.12. The molecule has 0 spiro atoms. The van der Waals surface area contributed by atoms with Crippen LogP contribution in [0.25, 0.3) is 10.9 Å². The van der Waals surface area contributed by atoms with Gasteiger partial charge in [0.2, 0.25) is 0 Å². The molecule has 1 heterocycles. The van der Waals surface area contributed by atoms with E-state index < -0.39 is 0 Å². The molecular formula is C19H25N3. The molecule has 0 saturated carbocycles. The molecule has 3 N–H and O–H groups in total. The first-order chi connectivity index (χ1) is 10.7. The summed E-state index contributed by atoms with van der Waals surface area (Å²) in [7, 11) is 0. The second kappa shape index (κ2) is 9.29. The average Bonchev–Trinajstić information content (AvgIpc) is 3.01. The normalized spacial score (nSPS) is 11.0. The van der Waals surface area contributed by atoms with E-state index in [1.165, 1.54) is 0 Å². The molecule has 0 bridgehead atoms. The van der Waals surface area contributed by atoms with Crippen molar-refractivity contribution in [1.82, 2.24) is 10.3 Å². The Morgan fingerprint density at radius 2 is 2.00 bits per heavy atom. The average molecular weight is 295 g/mol. The zero-order valence-electron chi connectivity index (χ0n) is 13.6. The summed E-state index contributed by atoms with van der Waals surface area (Å²) in [6.45, 7) is 13.7. The summed E-state index contributed by atoms with van der Waals surface area (Å²) in [5.41, 5.74) is 3.00. The van der Waals surface area contributed by atoms with Gasteiger partial charge in [0, 0.05) is 28.5 Å². The monoisotopic (exact) mass is 295 g/mol. The topological polar surface area (TPSA) is 39.8 Å². The smallest absolute Gasteiger partial charge is 0.100 e. The minimum absolute atomic E-state index is 0.704. The minimum atomic E-state index is 0.704. The van der Waals surface area contributed by atoms with E-state index in [9.17, 15) is 0 Å². The Kier molecular flexibility index (Phi) is 7.34. The van der Waals surface area contributed by atoms with E-state index in [-0.39, 0.29) is 0 Å². The number of aromatic amines is 1. The van der Waals surface area contributed by atoms with Crippen LogP contribution in [0, 0.1) is 0 Å². The van der Waals surface area contributed by atoms with Gasteiger partial charge in [0.05, 0.1) is 0 Å². The highest BCUT2D eigenvalue weighted by Crippen LogP contribution is 2.18. The molecule has 0 radical (unpaired) electrons. The number of fused-ring (bicyclic) bond motifs is 1. The van der Waals surface area contributed by atoms with Crippen LogP contribution in [0.1, 0.15) is 20.8 Å². The van der Waals surface area contributed by atoms with E-state index in [1.807, 2.05) is 63.4 Å². The first-order valence-electron chi connectivity index (χ1n) is 7.48. The molecule has 3 heteroatoms. The summed E-state index contributed by atoms with van der Waals surface area (Å²) in [5.74, 6) is 0.704. The van der Waals surface area contributed by atoms with E-state index in [4.69, 9.17) is 0 Å². The third-order valence-corrected chi connectivity index (χ3v) is 2.83. The zero-order valence-corrected chi connectivity index (χ0v) is 13.6. The van der Waals surface area contributed by atoms with Gasteiger partial charge in [-0.3, -0.25) is 0 Å². The number of allylic oxidation sites excluding steroid dienone is 4. The van der Waals surface area contributed by atoms with Crippen LogP contribution in [0.2, 0.25) is 0 Å². The van der Waals surface area contributed by atoms with Gasteiger partial charge in [-0.25, -0.2) is 0 Å². The van der Waals surface area contributed by atoms with Crippen molar-refractivity contribution < 1.29 is 0 Å². The molecule has 0 fully saturated rings. The SMILES string of the molecule is C=C/C(=C\C=C/C)NC(=C)Nc1ccc2[nH]ccc2c1.CC. The van der Waals surface area contributed by atoms with Crippen LogP contribution in [0.4, 0.5) is 5.69 Å². The molecule has 1 aromatic carbocycles. The van der Waals surface area contributed by atoms with Crippen molar-refractivity contribution in [2.75, 3.05) is 5.32 Å². The highest BCUT2D eigenvalue weighted by Gasteiger charge is 1.99. The van der Waals surface area contributed by atoms with Crippen molar-refractivity contribution in [2.24, 2.45) is 0 Å². The number of aromatic nitrogens is 1. The second-order valence-corrected chi connectivity index (χ2v) is 4.36. The van der Waals surface area contributed by atoms with Gasteiger partial charge in [0.25, 0.3) is 0 Å². The Morgan fingerprint density at radius 1 is 1.23 bits per heavy atom. The minimum Gasteiger partial charge on any atom is -0.361 e. The first-order valence-corrected chi connectivity index (χ1v) is 7.48. The maximum absolute atomic E-state index is 3.97. The molecular weight excluding hydrogens is 270 g/mol. The van der Waals surface area contributed by atoms with Gasteiger partial charge in [0.1, 0.15) is 5.82 Å².